The summed E-state index contributed by atoms with van der Waals surface area (Å²) in [5.41, 5.74) is 1.01. The molecule has 3 rings (SSSR count). The Kier molecular flexibility index (Phi) is 3.61. The number of hydrogen-bond donors (Lipinski definition) is 0. The number of rotatable bonds is 3. The van der Waals surface area contributed by atoms with Gasteiger partial charge in [-0.2, -0.15) is 11.3 Å². The molecule has 1 aromatic heterocycles. The van der Waals surface area contributed by atoms with E-state index in [1.54, 1.807) is 23.5 Å². The van der Waals surface area contributed by atoms with Gasteiger partial charge in [0, 0.05) is 6.08 Å². The summed E-state index contributed by atoms with van der Waals surface area (Å²) in [7, 11) is 0. The second-order valence-corrected chi connectivity index (χ2v) is 5.10. The van der Waals surface area contributed by atoms with Crippen LogP contribution in [0.15, 0.2) is 65.4 Å². The number of thiophene rings is 1. The van der Waals surface area contributed by atoms with Crippen molar-refractivity contribution in [3.8, 4) is 5.75 Å². The largest absolute Gasteiger partial charge is 0.423 e. The SMILES string of the molecule is O=C(/C=C/c1ccsc1)Oc1ccc2ccccc2c1. The van der Waals surface area contributed by atoms with Crippen LogP contribution in [0.4, 0.5) is 0 Å². The first kappa shape index (κ1) is 12.6. The quantitative estimate of drug-likeness (QED) is 0.400. The van der Waals surface area contributed by atoms with Crippen LogP contribution < -0.4 is 4.74 Å². The molecule has 0 amide bonds. The highest BCUT2D eigenvalue weighted by Gasteiger charge is 2.01. The van der Waals surface area contributed by atoms with E-state index in [2.05, 4.69) is 0 Å². The van der Waals surface area contributed by atoms with Crippen LogP contribution in [-0.2, 0) is 4.79 Å². The summed E-state index contributed by atoms with van der Waals surface area (Å²) >= 11 is 1.59. The van der Waals surface area contributed by atoms with Gasteiger partial charge >= 0.3 is 5.97 Å². The van der Waals surface area contributed by atoms with E-state index >= 15 is 0 Å². The zero-order valence-corrected chi connectivity index (χ0v) is 11.5. The molecule has 0 radical (unpaired) electrons. The van der Waals surface area contributed by atoms with Gasteiger partial charge in [-0.1, -0.05) is 30.3 Å². The van der Waals surface area contributed by atoms with Crippen molar-refractivity contribution >= 4 is 34.2 Å². The standard InChI is InChI=1S/C17H12O2S/c18-17(8-5-13-9-10-20-12-13)19-16-7-6-14-3-1-2-4-15(14)11-16/h1-12H/b8-5+. The summed E-state index contributed by atoms with van der Waals surface area (Å²) in [6, 6.07) is 15.5. The minimum Gasteiger partial charge on any atom is -0.423 e. The Hall–Kier alpha value is -2.39. The number of ether oxygens (including phenoxy) is 1. The van der Waals surface area contributed by atoms with Crippen LogP contribution >= 0.6 is 11.3 Å². The molecule has 0 aliphatic rings. The first-order valence-corrected chi connectivity index (χ1v) is 7.16. The summed E-state index contributed by atoms with van der Waals surface area (Å²) in [4.78, 5) is 11.7. The maximum absolute atomic E-state index is 11.7. The summed E-state index contributed by atoms with van der Waals surface area (Å²) in [5, 5.41) is 6.12. The molecule has 3 heteroatoms. The van der Waals surface area contributed by atoms with Crippen molar-refractivity contribution in [3.63, 3.8) is 0 Å². The molecular weight excluding hydrogens is 268 g/mol. The Balaban J connectivity index is 1.74. The van der Waals surface area contributed by atoms with E-state index in [0.717, 1.165) is 16.3 Å². The Morgan fingerprint density at radius 3 is 2.70 bits per heavy atom. The normalized spacial score (nSPS) is 11.0. The molecule has 0 bridgehead atoms. The summed E-state index contributed by atoms with van der Waals surface area (Å²) in [6.45, 7) is 0. The molecule has 98 valence electrons. The van der Waals surface area contributed by atoms with Crippen LogP contribution in [-0.4, -0.2) is 5.97 Å². The average Bonchev–Trinajstić information content (AvgIpc) is 2.98. The van der Waals surface area contributed by atoms with E-state index in [0.29, 0.717) is 5.75 Å². The lowest BCUT2D eigenvalue weighted by Crippen LogP contribution is -2.03. The number of fused-ring (bicyclic) bond motifs is 1. The zero-order chi connectivity index (χ0) is 13.8. The van der Waals surface area contributed by atoms with E-state index in [1.165, 1.54) is 6.08 Å². The number of carbonyl (C=O) groups is 1. The Labute approximate surface area is 120 Å². The Morgan fingerprint density at radius 2 is 1.90 bits per heavy atom. The van der Waals surface area contributed by atoms with E-state index in [9.17, 15) is 4.79 Å². The van der Waals surface area contributed by atoms with Gasteiger partial charge in [0.2, 0.25) is 0 Å². The summed E-state index contributed by atoms with van der Waals surface area (Å²) < 4.78 is 5.30. The van der Waals surface area contributed by atoms with E-state index in [-0.39, 0.29) is 5.97 Å². The van der Waals surface area contributed by atoms with Gasteiger partial charge in [0.15, 0.2) is 0 Å². The molecule has 0 spiro atoms. The van der Waals surface area contributed by atoms with Crippen molar-refractivity contribution in [2.75, 3.05) is 0 Å². The number of hydrogen-bond acceptors (Lipinski definition) is 3. The van der Waals surface area contributed by atoms with Gasteiger partial charge in [0.05, 0.1) is 0 Å². The molecule has 0 atom stereocenters. The van der Waals surface area contributed by atoms with E-state index in [1.807, 2.05) is 53.2 Å². The van der Waals surface area contributed by atoms with Crippen molar-refractivity contribution in [3.05, 3.63) is 70.9 Å². The van der Waals surface area contributed by atoms with Crippen molar-refractivity contribution in [1.29, 1.82) is 0 Å². The molecule has 0 fully saturated rings. The van der Waals surface area contributed by atoms with Gasteiger partial charge in [0.25, 0.3) is 0 Å². The van der Waals surface area contributed by atoms with Crippen LogP contribution in [0.5, 0.6) is 5.75 Å². The maximum Gasteiger partial charge on any atom is 0.336 e. The lowest BCUT2D eigenvalue weighted by Gasteiger charge is -2.03. The third-order valence-corrected chi connectivity index (χ3v) is 3.60. The zero-order valence-electron chi connectivity index (χ0n) is 10.7. The third kappa shape index (κ3) is 2.95. The lowest BCUT2D eigenvalue weighted by molar-refractivity contribution is -0.128. The van der Waals surface area contributed by atoms with Gasteiger partial charge in [-0.05, 0) is 51.4 Å². The van der Waals surface area contributed by atoms with E-state index in [4.69, 9.17) is 4.74 Å². The fraction of sp³-hybridized carbons (Fsp3) is 0. The molecule has 2 aromatic carbocycles. The van der Waals surface area contributed by atoms with E-state index < -0.39 is 0 Å². The van der Waals surface area contributed by atoms with Crippen molar-refractivity contribution in [2.45, 2.75) is 0 Å². The topological polar surface area (TPSA) is 26.3 Å². The van der Waals surface area contributed by atoms with Gasteiger partial charge in [0.1, 0.15) is 5.75 Å². The molecule has 0 saturated heterocycles. The van der Waals surface area contributed by atoms with Gasteiger partial charge < -0.3 is 4.74 Å². The fourth-order valence-corrected chi connectivity index (χ4v) is 2.54. The second-order valence-electron chi connectivity index (χ2n) is 4.32. The Morgan fingerprint density at radius 1 is 1.05 bits per heavy atom. The van der Waals surface area contributed by atoms with Crippen LogP contribution in [0.3, 0.4) is 0 Å². The van der Waals surface area contributed by atoms with Crippen molar-refractivity contribution in [1.82, 2.24) is 0 Å². The Bertz CT molecular complexity index is 758. The lowest BCUT2D eigenvalue weighted by atomic mass is 10.1. The molecule has 0 unspecified atom stereocenters. The number of benzene rings is 2. The fourth-order valence-electron chi connectivity index (χ4n) is 1.92. The summed E-state index contributed by atoms with van der Waals surface area (Å²) in [6.07, 6.45) is 3.19. The van der Waals surface area contributed by atoms with Crippen molar-refractivity contribution < 1.29 is 9.53 Å². The highest BCUT2D eigenvalue weighted by atomic mass is 32.1. The smallest absolute Gasteiger partial charge is 0.336 e. The molecular formula is C17H12O2S. The van der Waals surface area contributed by atoms with Gasteiger partial charge in [-0.3, -0.25) is 0 Å². The molecule has 0 aliphatic carbocycles. The highest BCUT2D eigenvalue weighted by molar-refractivity contribution is 7.08. The molecule has 0 N–H and O–H groups in total. The van der Waals surface area contributed by atoms with Crippen LogP contribution in [0.2, 0.25) is 0 Å². The average molecular weight is 280 g/mol. The van der Waals surface area contributed by atoms with Crippen molar-refractivity contribution in [2.24, 2.45) is 0 Å². The molecule has 2 nitrogen and oxygen atoms in total. The molecule has 3 aromatic rings. The first-order chi connectivity index (χ1) is 9.81. The molecule has 1 heterocycles. The first-order valence-electron chi connectivity index (χ1n) is 6.22. The minimum atomic E-state index is -0.369. The number of carbonyl (C=O) groups excluding carboxylic acids is 1. The molecule has 0 saturated carbocycles. The minimum absolute atomic E-state index is 0.369. The second kappa shape index (κ2) is 5.72. The highest BCUT2D eigenvalue weighted by Crippen LogP contribution is 2.20. The third-order valence-electron chi connectivity index (χ3n) is 2.89. The monoisotopic (exact) mass is 280 g/mol. The summed E-state index contributed by atoms with van der Waals surface area (Å²) in [5.74, 6) is 0.190. The van der Waals surface area contributed by atoms with Crippen LogP contribution in [0.1, 0.15) is 5.56 Å². The molecule has 0 aliphatic heterocycles. The van der Waals surface area contributed by atoms with Gasteiger partial charge in [-0.15, -0.1) is 0 Å². The molecule has 20 heavy (non-hydrogen) atoms. The van der Waals surface area contributed by atoms with Crippen LogP contribution in [0, 0.1) is 0 Å². The maximum atomic E-state index is 11.7. The van der Waals surface area contributed by atoms with Gasteiger partial charge in [-0.25, -0.2) is 4.79 Å². The predicted octanol–water partition coefficient (Wildman–Crippen LogP) is 4.52. The predicted molar refractivity (Wildman–Crippen MR) is 82.9 cm³/mol. The van der Waals surface area contributed by atoms with Crippen LogP contribution in [0.25, 0.3) is 16.8 Å². The number of esters is 1.